The Morgan fingerprint density at radius 1 is 0.952 bits per heavy atom. The number of carboxylic acid groups (broad SMARTS) is 2. The summed E-state index contributed by atoms with van der Waals surface area (Å²) in [5.41, 5.74) is 0.522. The molecule has 0 bridgehead atoms. The fraction of sp³-hybridized carbons (Fsp3) is 0.0667. The maximum absolute atomic E-state index is 12.5. The Morgan fingerprint density at radius 2 is 1.67 bits per heavy atom. The maximum Gasteiger partial charge on any atom is 0.336 e. The highest BCUT2D eigenvalue weighted by Gasteiger charge is 2.29. The van der Waals surface area contributed by atoms with Gasteiger partial charge in [-0.25, -0.2) is 13.8 Å². The molecular formula is C15H10O5S. The molecular weight excluding hydrogens is 292 g/mol. The molecule has 0 spiro atoms. The lowest BCUT2D eigenvalue weighted by molar-refractivity contribution is 0.0650. The largest absolute Gasteiger partial charge is 0.478 e. The van der Waals surface area contributed by atoms with Crippen LogP contribution in [-0.4, -0.2) is 26.4 Å². The van der Waals surface area contributed by atoms with Gasteiger partial charge in [-0.2, -0.15) is 0 Å². The van der Waals surface area contributed by atoms with Gasteiger partial charge < -0.3 is 10.2 Å². The lowest BCUT2D eigenvalue weighted by Gasteiger charge is -2.21. The highest BCUT2D eigenvalue weighted by Crippen LogP contribution is 2.34. The van der Waals surface area contributed by atoms with Crippen molar-refractivity contribution in [1.82, 2.24) is 0 Å². The molecule has 0 radical (unpaired) electrons. The molecule has 3 rings (SSSR count). The summed E-state index contributed by atoms with van der Waals surface area (Å²) in [6.07, 6.45) is 0.264. The van der Waals surface area contributed by atoms with Gasteiger partial charge in [0.2, 0.25) is 0 Å². The predicted octanol–water partition coefficient (Wildman–Crippen LogP) is 2.15. The second kappa shape index (κ2) is 4.82. The molecule has 21 heavy (non-hydrogen) atoms. The molecule has 1 heterocycles. The van der Waals surface area contributed by atoms with Crippen molar-refractivity contribution in [2.75, 3.05) is 0 Å². The zero-order chi connectivity index (χ0) is 15.1. The first kappa shape index (κ1) is 13.5. The fourth-order valence-corrected chi connectivity index (χ4v) is 3.95. The number of benzene rings is 2. The van der Waals surface area contributed by atoms with Crippen LogP contribution >= 0.6 is 0 Å². The van der Waals surface area contributed by atoms with Crippen LogP contribution in [0.4, 0.5) is 0 Å². The van der Waals surface area contributed by atoms with E-state index in [-0.39, 0.29) is 17.5 Å². The van der Waals surface area contributed by atoms with Crippen LogP contribution in [0.15, 0.2) is 46.2 Å². The van der Waals surface area contributed by atoms with Crippen molar-refractivity contribution in [3.05, 3.63) is 58.7 Å². The zero-order valence-corrected chi connectivity index (χ0v) is 11.5. The van der Waals surface area contributed by atoms with E-state index in [9.17, 15) is 18.9 Å². The average molecular weight is 302 g/mol. The highest BCUT2D eigenvalue weighted by atomic mass is 32.2. The van der Waals surface area contributed by atoms with Crippen LogP contribution in [0.2, 0.25) is 0 Å². The van der Waals surface area contributed by atoms with Crippen molar-refractivity contribution < 1.29 is 24.0 Å². The number of fused-ring (bicyclic) bond motifs is 2. The summed E-state index contributed by atoms with van der Waals surface area (Å²) in [5, 5.41) is 18.5. The third-order valence-corrected chi connectivity index (χ3v) is 5.03. The Bertz CT molecular complexity index is 810. The van der Waals surface area contributed by atoms with E-state index in [4.69, 9.17) is 5.11 Å². The molecule has 0 amide bonds. The highest BCUT2D eigenvalue weighted by molar-refractivity contribution is 7.85. The molecule has 0 aliphatic carbocycles. The number of hydrogen-bond donors (Lipinski definition) is 2. The van der Waals surface area contributed by atoms with E-state index in [1.165, 1.54) is 12.1 Å². The summed E-state index contributed by atoms with van der Waals surface area (Å²) >= 11 is 0. The number of aromatic carboxylic acids is 2. The van der Waals surface area contributed by atoms with E-state index in [0.29, 0.717) is 15.4 Å². The summed E-state index contributed by atoms with van der Waals surface area (Å²) in [6, 6.07) is 9.71. The van der Waals surface area contributed by atoms with E-state index >= 15 is 0 Å². The quantitative estimate of drug-likeness (QED) is 0.757. The lowest BCUT2D eigenvalue weighted by Crippen LogP contribution is -2.18. The molecule has 1 unspecified atom stereocenters. The van der Waals surface area contributed by atoms with Gasteiger partial charge in [-0.15, -0.1) is 0 Å². The van der Waals surface area contributed by atoms with Crippen LogP contribution in [0.25, 0.3) is 0 Å². The first-order chi connectivity index (χ1) is 10.0. The van der Waals surface area contributed by atoms with Crippen molar-refractivity contribution in [3.63, 3.8) is 0 Å². The van der Waals surface area contributed by atoms with E-state index in [1.807, 2.05) is 0 Å². The fourth-order valence-electron chi connectivity index (χ4n) is 2.54. The minimum atomic E-state index is -1.49. The standard InChI is InChI=1S/C15H10O5S/c16-14(17)9-5-6-12-10(13(9)15(18)19)7-8-3-1-2-4-11(8)21(12)20/h1-6H,7H2,(H,16,17)(H,18,19). The molecule has 1 atom stereocenters. The van der Waals surface area contributed by atoms with Gasteiger partial charge in [-0.3, -0.25) is 0 Å². The first-order valence-corrected chi connectivity index (χ1v) is 7.28. The van der Waals surface area contributed by atoms with Crippen LogP contribution < -0.4 is 0 Å². The smallest absolute Gasteiger partial charge is 0.336 e. The summed E-state index contributed by atoms with van der Waals surface area (Å²) in [5.74, 6) is -2.62. The molecule has 106 valence electrons. The molecule has 6 heteroatoms. The van der Waals surface area contributed by atoms with Gasteiger partial charge in [0.25, 0.3) is 0 Å². The third-order valence-electron chi connectivity index (χ3n) is 3.45. The Balaban J connectivity index is 2.30. The summed E-state index contributed by atoms with van der Waals surface area (Å²) in [7, 11) is -1.49. The molecule has 2 N–H and O–H groups in total. The van der Waals surface area contributed by atoms with Crippen molar-refractivity contribution in [1.29, 1.82) is 0 Å². The topological polar surface area (TPSA) is 91.7 Å². The van der Waals surface area contributed by atoms with Crippen molar-refractivity contribution in [2.45, 2.75) is 16.2 Å². The molecule has 0 aromatic heterocycles. The third kappa shape index (κ3) is 2.04. The Kier molecular flexibility index (Phi) is 3.10. The number of carbonyl (C=O) groups is 2. The number of rotatable bonds is 2. The van der Waals surface area contributed by atoms with Gasteiger partial charge in [-0.05, 0) is 29.3 Å². The number of carboxylic acids is 2. The SMILES string of the molecule is O=C(O)c1ccc2c(c1C(=O)O)Cc1ccccc1S2=O. The van der Waals surface area contributed by atoms with Crippen molar-refractivity contribution >= 4 is 22.7 Å². The van der Waals surface area contributed by atoms with Crippen LogP contribution in [0.5, 0.6) is 0 Å². The molecule has 0 saturated carbocycles. The minimum Gasteiger partial charge on any atom is -0.478 e. The first-order valence-electron chi connectivity index (χ1n) is 6.13. The van der Waals surface area contributed by atoms with E-state index in [0.717, 1.165) is 5.56 Å². The zero-order valence-electron chi connectivity index (χ0n) is 10.7. The summed E-state index contributed by atoms with van der Waals surface area (Å²) in [4.78, 5) is 23.7. The summed E-state index contributed by atoms with van der Waals surface area (Å²) < 4.78 is 12.5. The second-order valence-corrected chi connectivity index (χ2v) is 6.05. The van der Waals surface area contributed by atoms with Gasteiger partial charge in [0.05, 0.1) is 21.9 Å². The molecule has 5 nitrogen and oxygen atoms in total. The molecule has 1 aliphatic heterocycles. The molecule has 1 aliphatic rings. The normalized spacial score (nSPS) is 15.9. The monoisotopic (exact) mass is 302 g/mol. The molecule has 0 fully saturated rings. The van der Waals surface area contributed by atoms with Crippen LogP contribution in [0, 0.1) is 0 Å². The van der Waals surface area contributed by atoms with Crippen LogP contribution in [0.1, 0.15) is 31.8 Å². The van der Waals surface area contributed by atoms with Gasteiger partial charge >= 0.3 is 11.9 Å². The van der Waals surface area contributed by atoms with Gasteiger partial charge in [-0.1, -0.05) is 18.2 Å². The second-order valence-electron chi connectivity index (χ2n) is 4.63. The van der Waals surface area contributed by atoms with Gasteiger partial charge in [0.15, 0.2) is 0 Å². The van der Waals surface area contributed by atoms with Crippen molar-refractivity contribution in [3.8, 4) is 0 Å². The molecule has 0 saturated heterocycles. The minimum absolute atomic E-state index is 0.264. The van der Waals surface area contributed by atoms with Gasteiger partial charge in [0, 0.05) is 16.2 Å². The molecule has 2 aromatic carbocycles. The number of hydrogen-bond acceptors (Lipinski definition) is 3. The average Bonchev–Trinajstić information content (AvgIpc) is 2.46. The Labute approximate surface area is 122 Å². The van der Waals surface area contributed by atoms with Crippen molar-refractivity contribution in [2.24, 2.45) is 0 Å². The van der Waals surface area contributed by atoms with Crippen LogP contribution in [-0.2, 0) is 17.2 Å². The van der Waals surface area contributed by atoms with Crippen LogP contribution in [0.3, 0.4) is 0 Å². The van der Waals surface area contributed by atoms with Gasteiger partial charge in [0.1, 0.15) is 0 Å². The molecule has 2 aromatic rings. The summed E-state index contributed by atoms with van der Waals surface area (Å²) in [6.45, 7) is 0. The van der Waals surface area contributed by atoms with E-state index in [1.54, 1.807) is 24.3 Å². The lowest BCUT2D eigenvalue weighted by atomic mass is 9.95. The van der Waals surface area contributed by atoms with E-state index in [2.05, 4.69) is 0 Å². The predicted molar refractivity (Wildman–Crippen MR) is 74.3 cm³/mol. The van der Waals surface area contributed by atoms with E-state index < -0.39 is 22.7 Å². The Hall–Kier alpha value is -2.47. The maximum atomic E-state index is 12.5. The Morgan fingerprint density at radius 3 is 2.33 bits per heavy atom.